The minimum absolute atomic E-state index is 0.246. The Labute approximate surface area is 204 Å². The molecule has 2 heterocycles. The summed E-state index contributed by atoms with van der Waals surface area (Å²) in [6.45, 7) is 5.65. The van der Waals surface area contributed by atoms with E-state index in [0.29, 0.717) is 34.8 Å². The normalized spacial score (nSPS) is 14.1. The maximum absolute atomic E-state index is 13.1. The van der Waals surface area contributed by atoms with Gasteiger partial charge in [0.15, 0.2) is 11.5 Å². The van der Waals surface area contributed by atoms with Crippen LogP contribution < -0.4 is 30.1 Å². The summed E-state index contributed by atoms with van der Waals surface area (Å²) in [5, 5.41) is 0.334. The van der Waals surface area contributed by atoms with Gasteiger partial charge in [-0.2, -0.15) is 0 Å². The standard InChI is InChI=1S/C25H31N5O5/c1-17-26-19-16-23(35-4)22(34-3)15-18(19)25(32)30(17)27-24(31)9-10-28-11-13-29(14-12-28)20-7-5-6-8-21(20)33-2/h5-8,15-16H,9-14H2,1-4H3,(H,27,31). The Morgan fingerprint density at radius 3 is 2.31 bits per heavy atom. The quantitative estimate of drug-likeness (QED) is 0.522. The summed E-state index contributed by atoms with van der Waals surface area (Å²) in [6, 6.07) is 11.2. The van der Waals surface area contributed by atoms with E-state index in [2.05, 4.69) is 26.3 Å². The van der Waals surface area contributed by atoms with Crippen molar-refractivity contribution in [3.63, 3.8) is 0 Å². The van der Waals surface area contributed by atoms with Crippen LogP contribution in [-0.4, -0.2) is 74.5 Å². The first-order valence-corrected chi connectivity index (χ1v) is 11.5. The fourth-order valence-corrected chi connectivity index (χ4v) is 4.30. The molecule has 0 unspecified atom stereocenters. The molecule has 1 aliphatic heterocycles. The Morgan fingerprint density at radius 2 is 1.63 bits per heavy atom. The van der Waals surface area contributed by atoms with Gasteiger partial charge in [0.05, 0.1) is 37.9 Å². The van der Waals surface area contributed by atoms with Crippen molar-refractivity contribution in [1.29, 1.82) is 0 Å². The van der Waals surface area contributed by atoms with Crippen LogP contribution in [0.5, 0.6) is 17.2 Å². The van der Waals surface area contributed by atoms with E-state index in [0.717, 1.165) is 37.6 Å². The Kier molecular flexibility index (Phi) is 7.40. The number of anilines is 1. The summed E-state index contributed by atoms with van der Waals surface area (Å²) in [5.74, 6) is 1.91. The Balaban J connectivity index is 1.38. The number of methoxy groups -OCH3 is 3. The van der Waals surface area contributed by atoms with Gasteiger partial charge in [0.1, 0.15) is 11.6 Å². The Hall–Kier alpha value is -3.79. The maximum Gasteiger partial charge on any atom is 0.280 e. The van der Waals surface area contributed by atoms with Gasteiger partial charge in [-0.25, -0.2) is 9.66 Å². The van der Waals surface area contributed by atoms with Crippen molar-refractivity contribution in [2.45, 2.75) is 13.3 Å². The number of aryl methyl sites for hydroxylation is 1. The van der Waals surface area contributed by atoms with Crippen LogP contribution in [0.4, 0.5) is 5.69 Å². The van der Waals surface area contributed by atoms with Crippen molar-refractivity contribution in [2.75, 3.05) is 64.4 Å². The lowest BCUT2D eigenvalue weighted by Gasteiger charge is -2.36. The number of para-hydroxylation sites is 2. The van der Waals surface area contributed by atoms with E-state index in [9.17, 15) is 9.59 Å². The molecule has 0 radical (unpaired) electrons. The van der Waals surface area contributed by atoms with E-state index < -0.39 is 0 Å². The van der Waals surface area contributed by atoms with Crippen LogP contribution in [0.2, 0.25) is 0 Å². The first-order valence-electron chi connectivity index (χ1n) is 11.5. The molecular formula is C25H31N5O5. The van der Waals surface area contributed by atoms with Crippen LogP contribution in [0.15, 0.2) is 41.2 Å². The molecule has 2 aromatic carbocycles. The second kappa shape index (κ2) is 10.6. The van der Waals surface area contributed by atoms with Crippen molar-refractivity contribution in [3.05, 3.63) is 52.6 Å². The van der Waals surface area contributed by atoms with E-state index in [1.165, 1.54) is 18.9 Å². The molecule has 0 atom stereocenters. The fourth-order valence-electron chi connectivity index (χ4n) is 4.30. The molecule has 1 aliphatic rings. The summed E-state index contributed by atoms with van der Waals surface area (Å²) in [4.78, 5) is 34.8. The minimum atomic E-state index is -0.368. The van der Waals surface area contributed by atoms with Crippen molar-refractivity contribution >= 4 is 22.5 Å². The molecule has 1 amide bonds. The molecule has 1 saturated heterocycles. The van der Waals surface area contributed by atoms with Crippen LogP contribution >= 0.6 is 0 Å². The SMILES string of the molecule is COc1cc2nc(C)n(NC(=O)CCN3CCN(c4ccccc4OC)CC3)c(=O)c2cc1OC. The minimum Gasteiger partial charge on any atom is -0.495 e. The summed E-state index contributed by atoms with van der Waals surface area (Å²) < 4.78 is 17.3. The van der Waals surface area contributed by atoms with Crippen LogP contribution in [0.1, 0.15) is 12.2 Å². The first kappa shape index (κ1) is 24.3. The van der Waals surface area contributed by atoms with Gasteiger partial charge in [-0.3, -0.25) is 19.9 Å². The van der Waals surface area contributed by atoms with Gasteiger partial charge in [0, 0.05) is 45.2 Å². The second-order valence-corrected chi connectivity index (χ2v) is 8.31. The number of fused-ring (bicyclic) bond motifs is 1. The molecule has 0 spiro atoms. The highest BCUT2D eigenvalue weighted by Crippen LogP contribution is 2.30. The number of nitrogens with zero attached hydrogens (tertiary/aromatic N) is 4. The highest BCUT2D eigenvalue weighted by molar-refractivity contribution is 5.85. The molecule has 10 heteroatoms. The molecule has 0 saturated carbocycles. The number of amides is 1. The number of aromatic nitrogens is 2. The van der Waals surface area contributed by atoms with Gasteiger partial charge in [-0.1, -0.05) is 12.1 Å². The third-order valence-corrected chi connectivity index (χ3v) is 6.23. The molecule has 1 fully saturated rings. The number of ether oxygens (including phenoxy) is 3. The molecule has 4 rings (SSSR count). The van der Waals surface area contributed by atoms with Gasteiger partial charge in [-0.05, 0) is 25.1 Å². The van der Waals surface area contributed by atoms with E-state index in [4.69, 9.17) is 14.2 Å². The van der Waals surface area contributed by atoms with Gasteiger partial charge in [0.25, 0.3) is 5.56 Å². The molecule has 35 heavy (non-hydrogen) atoms. The zero-order valence-electron chi connectivity index (χ0n) is 20.5. The van der Waals surface area contributed by atoms with Gasteiger partial charge >= 0.3 is 0 Å². The largest absolute Gasteiger partial charge is 0.495 e. The van der Waals surface area contributed by atoms with Crippen LogP contribution in [0, 0.1) is 6.92 Å². The van der Waals surface area contributed by atoms with E-state index >= 15 is 0 Å². The first-order chi connectivity index (χ1) is 16.9. The zero-order valence-corrected chi connectivity index (χ0v) is 20.5. The van der Waals surface area contributed by atoms with E-state index in [1.807, 2.05) is 18.2 Å². The van der Waals surface area contributed by atoms with Crippen molar-refractivity contribution in [2.24, 2.45) is 0 Å². The van der Waals surface area contributed by atoms with Crippen molar-refractivity contribution < 1.29 is 19.0 Å². The number of carbonyl (C=O) groups is 1. The predicted octanol–water partition coefficient (Wildman–Crippen LogP) is 2.01. The lowest BCUT2D eigenvalue weighted by Crippen LogP contribution is -2.47. The maximum atomic E-state index is 13.1. The van der Waals surface area contributed by atoms with Gasteiger partial charge in [-0.15, -0.1) is 0 Å². The molecule has 3 aromatic rings. The highest BCUT2D eigenvalue weighted by atomic mass is 16.5. The van der Waals surface area contributed by atoms with Crippen molar-refractivity contribution in [3.8, 4) is 17.2 Å². The van der Waals surface area contributed by atoms with E-state index in [-0.39, 0.29) is 17.9 Å². The molecule has 0 aliphatic carbocycles. The van der Waals surface area contributed by atoms with Gasteiger partial charge < -0.3 is 19.1 Å². The highest BCUT2D eigenvalue weighted by Gasteiger charge is 2.20. The number of nitrogens with one attached hydrogen (secondary N) is 1. The third-order valence-electron chi connectivity index (χ3n) is 6.23. The summed E-state index contributed by atoms with van der Waals surface area (Å²) in [7, 11) is 4.71. The average molecular weight is 482 g/mol. The Bertz CT molecular complexity index is 1270. The summed E-state index contributed by atoms with van der Waals surface area (Å²) in [5.41, 5.74) is 3.89. The van der Waals surface area contributed by atoms with Gasteiger partial charge in [0.2, 0.25) is 5.91 Å². The monoisotopic (exact) mass is 481 g/mol. The molecule has 10 nitrogen and oxygen atoms in total. The molecular weight excluding hydrogens is 450 g/mol. The molecule has 0 bridgehead atoms. The number of carbonyl (C=O) groups excluding carboxylic acids is 1. The van der Waals surface area contributed by atoms with Crippen LogP contribution in [-0.2, 0) is 4.79 Å². The van der Waals surface area contributed by atoms with Crippen LogP contribution in [0.3, 0.4) is 0 Å². The number of piperazine rings is 1. The number of benzene rings is 2. The molecule has 1 aromatic heterocycles. The predicted molar refractivity (Wildman–Crippen MR) is 134 cm³/mol. The third kappa shape index (κ3) is 5.17. The van der Waals surface area contributed by atoms with E-state index in [1.54, 1.807) is 26.2 Å². The van der Waals surface area contributed by atoms with Crippen molar-refractivity contribution in [1.82, 2.24) is 14.6 Å². The number of rotatable bonds is 8. The smallest absolute Gasteiger partial charge is 0.280 e. The summed E-state index contributed by atoms with van der Waals surface area (Å²) >= 11 is 0. The zero-order chi connectivity index (χ0) is 24.9. The average Bonchev–Trinajstić information content (AvgIpc) is 2.89. The molecule has 1 N–H and O–H groups in total. The topological polar surface area (TPSA) is 98.2 Å². The fraction of sp³-hybridized carbons (Fsp3) is 0.400. The Morgan fingerprint density at radius 1 is 0.971 bits per heavy atom. The number of hydrogen-bond acceptors (Lipinski definition) is 8. The second-order valence-electron chi connectivity index (χ2n) is 8.31. The number of hydrogen-bond donors (Lipinski definition) is 1. The summed E-state index contributed by atoms with van der Waals surface area (Å²) in [6.07, 6.45) is 0.268. The lowest BCUT2D eigenvalue weighted by molar-refractivity contribution is -0.117. The van der Waals surface area contributed by atoms with Crippen LogP contribution in [0.25, 0.3) is 10.9 Å². The lowest BCUT2D eigenvalue weighted by atomic mass is 10.2. The molecule has 186 valence electrons.